The third kappa shape index (κ3) is 3.04. The van der Waals surface area contributed by atoms with Crippen molar-refractivity contribution in [2.24, 2.45) is 0 Å². The first-order valence-corrected chi connectivity index (χ1v) is 7.92. The van der Waals surface area contributed by atoms with Gasteiger partial charge in [-0.15, -0.1) is 0 Å². The van der Waals surface area contributed by atoms with Gasteiger partial charge in [-0.2, -0.15) is 0 Å². The number of anilines is 1. The van der Waals surface area contributed by atoms with Crippen LogP contribution in [0.5, 0.6) is 5.75 Å². The maximum absolute atomic E-state index is 13.6. The molecule has 1 aliphatic heterocycles. The molecule has 24 heavy (non-hydrogen) atoms. The summed E-state index contributed by atoms with van der Waals surface area (Å²) in [5.41, 5.74) is 1.28. The SMILES string of the molecule is CNc1cc([C@H]2CCCN2C(=O)c2cc(F)ccc2OC)ccn1. The lowest BCUT2D eigenvalue weighted by Gasteiger charge is -2.26. The fourth-order valence-corrected chi connectivity index (χ4v) is 3.15. The van der Waals surface area contributed by atoms with Crippen LogP contribution in [0.25, 0.3) is 0 Å². The van der Waals surface area contributed by atoms with Gasteiger partial charge in [-0.25, -0.2) is 9.37 Å². The Hall–Kier alpha value is -2.63. The monoisotopic (exact) mass is 329 g/mol. The first kappa shape index (κ1) is 16.2. The minimum Gasteiger partial charge on any atom is -0.496 e. The molecule has 3 rings (SSSR count). The zero-order valence-corrected chi connectivity index (χ0v) is 13.8. The van der Waals surface area contributed by atoms with Gasteiger partial charge in [0, 0.05) is 19.8 Å². The lowest BCUT2D eigenvalue weighted by atomic mass is 10.0. The highest BCUT2D eigenvalue weighted by Gasteiger charge is 2.32. The van der Waals surface area contributed by atoms with Gasteiger partial charge in [0.05, 0.1) is 18.7 Å². The van der Waals surface area contributed by atoms with Gasteiger partial charge < -0.3 is 15.0 Å². The molecule has 0 saturated carbocycles. The molecule has 1 saturated heterocycles. The average molecular weight is 329 g/mol. The van der Waals surface area contributed by atoms with Crippen LogP contribution < -0.4 is 10.1 Å². The van der Waals surface area contributed by atoms with Gasteiger partial charge in [-0.3, -0.25) is 4.79 Å². The van der Waals surface area contributed by atoms with E-state index in [-0.39, 0.29) is 17.5 Å². The molecule has 0 radical (unpaired) electrons. The molecule has 1 aliphatic rings. The zero-order chi connectivity index (χ0) is 17.1. The Morgan fingerprint density at radius 2 is 2.21 bits per heavy atom. The van der Waals surface area contributed by atoms with Gasteiger partial charge in [0.25, 0.3) is 5.91 Å². The number of likely N-dealkylation sites (tertiary alicyclic amines) is 1. The molecule has 1 atom stereocenters. The topological polar surface area (TPSA) is 54.5 Å². The molecular weight excluding hydrogens is 309 g/mol. The molecule has 126 valence electrons. The van der Waals surface area contributed by atoms with Crippen molar-refractivity contribution in [3.8, 4) is 5.75 Å². The summed E-state index contributed by atoms with van der Waals surface area (Å²) in [6.07, 6.45) is 3.51. The average Bonchev–Trinajstić information content (AvgIpc) is 3.10. The van der Waals surface area contributed by atoms with Crippen LogP contribution in [-0.2, 0) is 0 Å². The van der Waals surface area contributed by atoms with Crippen LogP contribution in [0, 0.1) is 5.82 Å². The fraction of sp³-hybridized carbons (Fsp3) is 0.333. The number of hydrogen-bond donors (Lipinski definition) is 1. The van der Waals surface area contributed by atoms with E-state index in [4.69, 9.17) is 4.74 Å². The fourth-order valence-electron chi connectivity index (χ4n) is 3.15. The second-order valence-electron chi connectivity index (χ2n) is 5.73. The number of nitrogens with one attached hydrogen (secondary N) is 1. The Labute approximate surface area is 140 Å². The van der Waals surface area contributed by atoms with Gasteiger partial charge >= 0.3 is 0 Å². The highest BCUT2D eigenvalue weighted by atomic mass is 19.1. The number of carbonyl (C=O) groups excluding carboxylic acids is 1. The Morgan fingerprint density at radius 3 is 2.96 bits per heavy atom. The lowest BCUT2D eigenvalue weighted by Crippen LogP contribution is -2.31. The largest absolute Gasteiger partial charge is 0.496 e. The molecule has 0 unspecified atom stereocenters. The normalized spacial score (nSPS) is 17.0. The molecule has 6 heteroatoms. The lowest BCUT2D eigenvalue weighted by molar-refractivity contribution is 0.0731. The van der Waals surface area contributed by atoms with Crippen molar-refractivity contribution in [1.82, 2.24) is 9.88 Å². The van der Waals surface area contributed by atoms with E-state index < -0.39 is 5.82 Å². The van der Waals surface area contributed by atoms with Crippen LogP contribution in [0.4, 0.5) is 10.2 Å². The summed E-state index contributed by atoms with van der Waals surface area (Å²) in [6, 6.07) is 7.83. The van der Waals surface area contributed by atoms with E-state index in [1.165, 1.54) is 25.3 Å². The van der Waals surface area contributed by atoms with Crippen LogP contribution in [0.2, 0.25) is 0 Å². The first-order valence-electron chi connectivity index (χ1n) is 7.92. The Kier molecular flexibility index (Phi) is 4.64. The van der Waals surface area contributed by atoms with Crippen LogP contribution in [0.1, 0.15) is 34.8 Å². The number of halogens is 1. The van der Waals surface area contributed by atoms with Crippen LogP contribution >= 0.6 is 0 Å². The number of nitrogens with zero attached hydrogens (tertiary/aromatic N) is 2. The van der Waals surface area contributed by atoms with E-state index >= 15 is 0 Å². The highest BCUT2D eigenvalue weighted by molar-refractivity contribution is 5.97. The van der Waals surface area contributed by atoms with Crippen molar-refractivity contribution >= 4 is 11.7 Å². The first-order chi connectivity index (χ1) is 11.6. The number of aromatic nitrogens is 1. The minimum atomic E-state index is -0.448. The maximum atomic E-state index is 13.6. The van der Waals surface area contributed by atoms with Crippen molar-refractivity contribution in [3.63, 3.8) is 0 Å². The van der Waals surface area contributed by atoms with Crippen LogP contribution in [0.3, 0.4) is 0 Å². The highest BCUT2D eigenvalue weighted by Crippen LogP contribution is 2.35. The van der Waals surface area contributed by atoms with Crippen molar-refractivity contribution in [2.75, 3.05) is 26.0 Å². The van der Waals surface area contributed by atoms with Crippen molar-refractivity contribution in [1.29, 1.82) is 0 Å². The van der Waals surface area contributed by atoms with Crippen LogP contribution in [-0.4, -0.2) is 36.5 Å². The third-order valence-corrected chi connectivity index (χ3v) is 4.33. The van der Waals surface area contributed by atoms with Gasteiger partial charge in [-0.1, -0.05) is 0 Å². The molecule has 1 aromatic carbocycles. The summed E-state index contributed by atoms with van der Waals surface area (Å²) in [4.78, 5) is 19.0. The molecule has 1 N–H and O–H groups in total. The standard InChI is InChI=1S/C18H20FN3O2/c1-20-17-10-12(7-8-21-17)15-4-3-9-22(15)18(23)14-11-13(19)5-6-16(14)24-2/h5-8,10-11,15H,3-4,9H2,1-2H3,(H,20,21)/t15-/m1/s1. The van der Waals surface area contributed by atoms with E-state index in [0.29, 0.717) is 12.3 Å². The predicted molar refractivity (Wildman–Crippen MR) is 89.7 cm³/mol. The Morgan fingerprint density at radius 1 is 1.38 bits per heavy atom. The Balaban J connectivity index is 1.93. The van der Waals surface area contributed by atoms with E-state index in [1.807, 2.05) is 12.1 Å². The maximum Gasteiger partial charge on any atom is 0.258 e. The summed E-state index contributed by atoms with van der Waals surface area (Å²) < 4.78 is 18.8. The van der Waals surface area contributed by atoms with Gasteiger partial charge in [0.15, 0.2) is 0 Å². The summed E-state index contributed by atoms with van der Waals surface area (Å²) in [5.74, 6) is 0.487. The van der Waals surface area contributed by atoms with Crippen molar-refractivity contribution in [3.05, 3.63) is 53.5 Å². The molecular formula is C18H20FN3O2. The number of benzene rings is 1. The summed E-state index contributed by atoms with van der Waals surface area (Å²) in [7, 11) is 3.29. The van der Waals surface area contributed by atoms with E-state index in [0.717, 1.165) is 24.2 Å². The number of hydrogen-bond acceptors (Lipinski definition) is 4. The predicted octanol–water partition coefficient (Wildman–Crippen LogP) is 3.25. The molecule has 5 nitrogen and oxygen atoms in total. The minimum absolute atomic E-state index is 0.0411. The molecule has 0 bridgehead atoms. The summed E-state index contributed by atoms with van der Waals surface area (Å²) in [6.45, 7) is 0.639. The van der Waals surface area contributed by atoms with Gasteiger partial charge in [-0.05, 0) is 48.7 Å². The van der Waals surface area contributed by atoms with Crippen LogP contribution in [0.15, 0.2) is 36.5 Å². The Bertz CT molecular complexity index is 751. The number of methoxy groups -OCH3 is 1. The molecule has 1 fully saturated rings. The zero-order valence-electron chi connectivity index (χ0n) is 13.8. The number of pyridine rings is 1. The molecule has 1 amide bonds. The molecule has 0 aliphatic carbocycles. The molecule has 0 spiro atoms. The third-order valence-electron chi connectivity index (χ3n) is 4.33. The smallest absolute Gasteiger partial charge is 0.258 e. The van der Waals surface area contributed by atoms with E-state index in [9.17, 15) is 9.18 Å². The second kappa shape index (κ2) is 6.86. The number of rotatable bonds is 4. The molecule has 2 heterocycles. The molecule has 1 aromatic heterocycles. The van der Waals surface area contributed by atoms with Crippen molar-refractivity contribution < 1.29 is 13.9 Å². The molecule has 2 aromatic rings. The quantitative estimate of drug-likeness (QED) is 0.935. The van der Waals surface area contributed by atoms with Crippen molar-refractivity contribution in [2.45, 2.75) is 18.9 Å². The number of ether oxygens (including phenoxy) is 1. The summed E-state index contributed by atoms with van der Waals surface area (Å²) >= 11 is 0. The van der Waals surface area contributed by atoms with E-state index in [1.54, 1.807) is 18.1 Å². The van der Waals surface area contributed by atoms with Gasteiger partial charge in [0.1, 0.15) is 17.4 Å². The second-order valence-corrected chi connectivity index (χ2v) is 5.73. The number of amides is 1. The summed E-state index contributed by atoms with van der Waals surface area (Å²) in [5, 5.41) is 3.01. The van der Waals surface area contributed by atoms with E-state index in [2.05, 4.69) is 10.3 Å². The van der Waals surface area contributed by atoms with Gasteiger partial charge in [0.2, 0.25) is 0 Å². The number of carbonyl (C=O) groups is 1.